The van der Waals surface area contributed by atoms with Crippen LogP contribution in [0.4, 0.5) is 0 Å². The van der Waals surface area contributed by atoms with Gasteiger partial charge in [0.05, 0.1) is 7.11 Å². The number of ether oxygens (including phenoxy) is 3. The molecular formula is C14H18BrNO3. The van der Waals surface area contributed by atoms with Gasteiger partial charge in [0.2, 0.25) is 0 Å². The molecule has 2 heterocycles. The normalized spacial score (nSPS) is 21.5. The fraction of sp³-hybridized carbons (Fsp3) is 0.571. The zero-order valence-electron chi connectivity index (χ0n) is 11.0. The SMILES string of the molecule is COc1c(CC2CCCN2)cc2c(c1Br)OCCO2. The van der Waals surface area contributed by atoms with E-state index in [0.717, 1.165) is 40.3 Å². The van der Waals surface area contributed by atoms with E-state index in [-0.39, 0.29) is 0 Å². The van der Waals surface area contributed by atoms with Crippen molar-refractivity contribution in [1.82, 2.24) is 5.32 Å². The third-order valence-electron chi connectivity index (χ3n) is 3.64. The number of benzene rings is 1. The summed E-state index contributed by atoms with van der Waals surface area (Å²) in [6, 6.07) is 2.58. The second kappa shape index (κ2) is 5.59. The monoisotopic (exact) mass is 327 g/mol. The Morgan fingerprint density at radius 3 is 3.00 bits per heavy atom. The van der Waals surface area contributed by atoms with Crippen molar-refractivity contribution in [2.45, 2.75) is 25.3 Å². The lowest BCUT2D eigenvalue weighted by molar-refractivity contribution is 0.169. The minimum Gasteiger partial charge on any atom is -0.495 e. The molecule has 1 aromatic carbocycles. The highest BCUT2D eigenvalue weighted by molar-refractivity contribution is 9.10. The summed E-state index contributed by atoms with van der Waals surface area (Å²) in [5, 5.41) is 3.51. The van der Waals surface area contributed by atoms with Gasteiger partial charge in [-0.2, -0.15) is 0 Å². The highest BCUT2D eigenvalue weighted by atomic mass is 79.9. The largest absolute Gasteiger partial charge is 0.495 e. The quantitative estimate of drug-likeness (QED) is 0.926. The van der Waals surface area contributed by atoms with Crippen molar-refractivity contribution < 1.29 is 14.2 Å². The van der Waals surface area contributed by atoms with Crippen LogP contribution in [-0.2, 0) is 6.42 Å². The topological polar surface area (TPSA) is 39.7 Å². The molecule has 0 aliphatic carbocycles. The molecule has 5 heteroatoms. The Hall–Kier alpha value is -0.940. The summed E-state index contributed by atoms with van der Waals surface area (Å²) >= 11 is 3.58. The van der Waals surface area contributed by atoms with Crippen molar-refractivity contribution in [3.05, 3.63) is 16.1 Å². The van der Waals surface area contributed by atoms with Gasteiger partial charge in [-0.3, -0.25) is 0 Å². The highest BCUT2D eigenvalue weighted by Gasteiger charge is 2.24. The first-order chi connectivity index (χ1) is 9.29. The van der Waals surface area contributed by atoms with Crippen molar-refractivity contribution in [2.75, 3.05) is 26.9 Å². The summed E-state index contributed by atoms with van der Waals surface area (Å²) in [4.78, 5) is 0. The van der Waals surface area contributed by atoms with Crippen molar-refractivity contribution in [1.29, 1.82) is 0 Å². The van der Waals surface area contributed by atoms with Crippen molar-refractivity contribution >= 4 is 15.9 Å². The Morgan fingerprint density at radius 1 is 1.42 bits per heavy atom. The van der Waals surface area contributed by atoms with Crippen LogP contribution in [0.1, 0.15) is 18.4 Å². The van der Waals surface area contributed by atoms with E-state index in [4.69, 9.17) is 14.2 Å². The first-order valence-electron chi connectivity index (χ1n) is 6.68. The van der Waals surface area contributed by atoms with Crippen LogP contribution >= 0.6 is 15.9 Å². The Bertz CT molecular complexity index is 472. The van der Waals surface area contributed by atoms with Gasteiger partial charge in [-0.05, 0) is 47.8 Å². The maximum Gasteiger partial charge on any atom is 0.179 e. The van der Waals surface area contributed by atoms with Gasteiger partial charge in [-0.1, -0.05) is 0 Å². The van der Waals surface area contributed by atoms with E-state index >= 15 is 0 Å². The third kappa shape index (κ3) is 2.54. The minimum atomic E-state index is 0.531. The summed E-state index contributed by atoms with van der Waals surface area (Å²) in [6.07, 6.45) is 3.42. The molecule has 0 saturated carbocycles. The number of hydrogen-bond donors (Lipinski definition) is 1. The zero-order valence-corrected chi connectivity index (χ0v) is 12.6. The number of rotatable bonds is 3. The molecule has 0 spiro atoms. The minimum absolute atomic E-state index is 0.531. The van der Waals surface area contributed by atoms with E-state index in [9.17, 15) is 0 Å². The van der Waals surface area contributed by atoms with Gasteiger partial charge >= 0.3 is 0 Å². The summed E-state index contributed by atoms with van der Waals surface area (Å²) in [7, 11) is 1.70. The predicted molar refractivity (Wildman–Crippen MR) is 76.4 cm³/mol. The van der Waals surface area contributed by atoms with E-state index in [1.165, 1.54) is 12.8 Å². The Kier molecular flexibility index (Phi) is 3.84. The molecule has 0 radical (unpaired) electrons. The van der Waals surface area contributed by atoms with Gasteiger partial charge in [0.15, 0.2) is 11.5 Å². The molecule has 0 aromatic heterocycles. The molecule has 3 rings (SSSR count). The third-order valence-corrected chi connectivity index (χ3v) is 4.36. The lowest BCUT2D eigenvalue weighted by atomic mass is 10.0. The zero-order chi connectivity index (χ0) is 13.2. The molecule has 1 fully saturated rings. The second-order valence-corrected chi connectivity index (χ2v) is 5.70. The lowest BCUT2D eigenvalue weighted by Gasteiger charge is -2.23. The van der Waals surface area contributed by atoms with E-state index in [2.05, 4.69) is 27.3 Å². The summed E-state index contributed by atoms with van der Waals surface area (Å²) in [5.41, 5.74) is 1.16. The number of nitrogens with one attached hydrogen (secondary N) is 1. The lowest BCUT2D eigenvalue weighted by Crippen LogP contribution is -2.24. The molecule has 4 nitrogen and oxygen atoms in total. The van der Waals surface area contributed by atoms with Crippen LogP contribution in [0.15, 0.2) is 10.5 Å². The van der Waals surface area contributed by atoms with Gasteiger partial charge in [-0.15, -0.1) is 0 Å². The molecule has 1 saturated heterocycles. The van der Waals surface area contributed by atoms with E-state index < -0.39 is 0 Å². The smallest absolute Gasteiger partial charge is 0.179 e. The van der Waals surface area contributed by atoms with Gasteiger partial charge in [-0.25, -0.2) is 0 Å². The number of halogens is 1. The summed E-state index contributed by atoms with van der Waals surface area (Å²) < 4.78 is 17.7. The molecule has 0 amide bonds. The highest BCUT2D eigenvalue weighted by Crippen LogP contribution is 2.46. The maximum atomic E-state index is 5.68. The fourth-order valence-electron chi connectivity index (χ4n) is 2.75. The first kappa shape index (κ1) is 13.1. The maximum absolute atomic E-state index is 5.68. The van der Waals surface area contributed by atoms with E-state index in [1.807, 2.05) is 0 Å². The standard InChI is InChI=1S/C14H18BrNO3/c1-17-13-9(7-10-3-2-4-16-10)8-11-14(12(13)15)19-6-5-18-11/h8,10,16H,2-7H2,1H3. The molecular weight excluding hydrogens is 310 g/mol. The molecule has 19 heavy (non-hydrogen) atoms. The second-order valence-electron chi connectivity index (χ2n) is 4.90. The average Bonchev–Trinajstić information content (AvgIpc) is 2.92. The molecule has 1 atom stereocenters. The van der Waals surface area contributed by atoms with Crippen molar-refractivity contribution in [3.8, 4) is 17.2 Å². The van der Waals surface area contributed by atoms with E-state index in [0.29, 0.717) is 19.3 Å². The molecule has 104 valence electrons. The Labute approximate surface area is 121 Å². The first-order valence-corrected chi connectivity index (χ1v) is 7.47. The molecule has 1 unspecified atom stereocenters. The molecule has 0 bridgehead atoms. The van der Waals surface area contributed by atoms with Crippen molar-refractivity contribution in [3.63, 3.8) is 0 Å². The Morgan fingerprint density at radius 2 is 2.26 bits per heavy atom. The van der Waals surface area contributed by atoms with Crippen LogP contribution in [0.25, 0.3) is 0 Å². The number of fused-ring (bicyclic) bond motifs is 1. The summed E-state index contributed by atoms with van der Waals surface area (Å²) in [6.45, 7) is 2.30. The summed E-state index contributed by atoms with van der Waals surface area (Å²) in [5.74, 6) is 2.43. The van der Waals surface area contributed by atoms with Gasteiger partial charge in [0.1, 0.15) is 23.4 Å². The number of methoxy groups -OCH3 is 1. The van der Waals surface area contributed by atoms with Gasteiger partial charge in [0, 0.05) is 11.6 Å². The molecule has 1 aromatic rings. The Balaban J connectivity index is 1.95. The van der Waals surface area contributed by atoms with E-state index in [1.54, 1.807) is 7.11 Å². The van der Waals surface area contributed by atoms with Crippen molar-refractivity contribution in [2.24, 2.45) is 0 Å². The van der Waals surface area contributed by atoms with Crippen LogP contribution in [0.5, 0.6) is 17.2 Å². The van der Waals surface area contributed by atoms with Crippen LogP contribution in [0.2, 0.25) is 0 Å². The average molecular weight is 328 g/mol. The van der Waals surface area contributed by atoms with Crippen LogP contribution in [-0.4, -0.2) is 32.9 Å². The predicted octanol–water partition coefficient (Wildman–Crippen LogP) is 2.52. The number of hydrogen-bond acceptors (Lipinski definition) is 4. The van der Waals surface area contributed by atoms with Crippen LogP contribution in [0, 0.1) is 0 Å². The molecule has 2 aliphatic rings. The van der Waals surface area contributed by atoms with Gasteiger partial charge in [0.25, 0.3) is 0 Å². The van der Waals surface area contributed by atoms with Gasteiger partial charge < -0.3 is 19.5 Å². The van der Waals surface area contributed by atoms with Crippen LogP contribution < -0.4 is 19.5 Å². The fourth-order valence-corrected chi connectivity index (χ4v) is 3.47. The molecule has 2 aliphatic heterocycles. The molecule has 1 N–H and O–H groups in total. The van der Waals surface area contributed by atoms with Crippen LogP contribution in [0.3, 0.4) is 0 Å².